The normalized spacial score (nSPS) is 20.4. The van der Waals surface area contributed by atoms with Gasteiger partial charge in [0.15, 0.2) is 5.13 Å². The highest BCUT2D eigenvalue weighted by Gasteiger charge is 2.42. The Hall–Kier alpha value is -2.77. The molecular formula is C28H38N8O3S. The van der Waals surface area contributed by atoms with Gasteiger partial charge in [-0.05, 0) is 45.6 Å². The molecule has 3 aromatic heterocycles. The number of rotatable bonds is 9. The first-order valence-corrected chi connectivity index (χ1v) is 14.9. The molecule has 40 heavy (non-hydrogen) atoms. The number of hydrogen-bond donors (Lipinski definition) is 2. The predicted octanol–water partition coefficient (Wildman–Crippen LogP) is 3.36. The third kappa shape index (κ3) is 6.26. The average Bonchev–Trinajstić information content (AvgIpc) is 3.43. The summed E-state index contributed by atoms with van der Waals surface area (Å²) in [4.78, 5) is 28.2. The first-order chi connectivity index (χ1) is 19.4. The molecule has 3 aromatic rings. The molecule has 5 heterocycles. The van der Waals surface area contributed by atoms with Crippen molar-refractivity contribution in [3.63, 3.8) is 0 Å². The Kier molecular flexibility index (Phi) is 7.95. The van der Waals surface area contributed by atoms with Crippen LogP contribution in [0.2, 0.25) is 0 Å². The monoisotopic (exact) mass is 566 g/mol. The molecule has 1 spiro atoms. The Labute approximate surface area is 239 Å². The minimum absolute atomic E-state index is 0.156. The number of thiazole rings is 1. The van der Waals surface area contributed by atoms with Gasteiger partial charge in [0.25, 0.3) is 0 Å². The number of aromatic nitrogens is 5. The van der Waals surface area contributed by atoms with Crippen molar-refractivity contribution in [3.05, 3.63) is 36.4 Å². The van der Waals surface area contributed by atoms with E-state index in [-0.39, 0.29) is 18.2 Å². The summed E-state index contributed by atoms with van der Waals surface area (Å²) in [5.74, 6) is 0.512. The SMILES string of the molecule is CC(C)(CO)N1CCN(Cc2cnc(Nc3ncc(-c4ccnc(OC5CCC6(CC5)COC6)n4)s3)nc2)CC1. The van der Waals surface area contributed by atoms with Gasteiger partial charge in [0, 0.05) is 74.0 Å². The van der Waals surface area contributed by atoms with E-state index in [2.05, 4.69) is 53.9 Å². The second kappa shape index (κ2) is 11.6. The first-order valence-electron chi connectivity index (χ1n) is 14.1. The van der Waals surface area contributed by atoms with Crippen LogP contribution >= 0.6 is 11.3 Å². The lowest BCUT2D eigenvalue weighted by molar-refractivity contribution is -0.140. The maximum atomic E-state index is 9.63. The summed E-state index contributed by atoms with van der Waals surface area (Å²) < 4.78 is 11.6. The Bertz CT molecular complexity index is 1260. The number of aliphatic hydroxyl groups excluding tert-OH is 1. The van der Waals surface area contributed by atoms with Crippen LogP contribution in [0.4, 0.5) is 11.1 Å². The molecule has 3 aliphatic rings. The van der Waals surface area contributed by atoms with Crippen molar-refractivity contribution < 1.29 is 14.6 Å². The highest BCUT2D eigenvalue weighted by molar-refractivity contribution is 7.18. The van der Waals surface area contributed by atoms with Crippen LogP contribution in [0.5, 0.6) is 6.01 Å². The molecule has 0 amide bonds. The molecule has 1 aliphatic carbocycles. The zero-order valence-electron chi connectivity index (χ0n) is 23.3. The molecule has 2 aliphatic heterocycles. The zero-order chi connectivity index (χ0) is 27.6. The molecule has 0 aromatic carbocycles. The van der Waals surface area contributed by atoms with Crippen LogP contribution in [0, 0.1) is 5.41 Å². The third-order valence-electron chi connectivity index (χ3n) is 8.42. The number of nitrogens with zero attached hydrogens (tertiary/aromatic N) is 7. The molecular weight excluding hydrogens is 528 g/mol. The van der Waals surface area contributed by atoms with Gasteiger partial charge in [0.2, 0.25) is 5.95 Å². The van der Waals surface area contributed by atoms with E-state index in [1.807, 2.05) is 18.5 Å². The molecule has 3 fully saturated rings. The Balaban J connectivity index is 1.00. The van der Waals surface area contributed by atoms with E-state index in [0.717, 1.165) is 87.8 Å². The molecule has 11 nitrogen and oxygen atoms in total. The van der Waals surface area contributed by atoms with E-state index < -0.39 is 0 Å². The molecule has 2 saturated heterocycles. The maximum Gasteiger partial charge on any atom is 0.317 e. The molecule has 0 radical (unpaired) electrons. The van der Waals surface area contributed by atoms with Crippen LogP contribution in [-0.4, -0.2) is 97.5 Å². The average molecular weight is 567 g/mol. The Morgan fingerprint density at radius 3 is 2.50 bits per heavy atom. The fourth-order valence-electron chi connectivity index (χ4n) is 5.60. The van der Waals surface area contributed by atoms with Crippen molar-refractivity contribution in [1.82, 2.24) is 34.7 Å². The van der Waals surface area contributed by atoms with Gasteiger partial charge < -0.3 is 19.9 Å². The number of anilines is 2. The number of piperazine rings is 1. The van der Waals surface area contributed by atoms with Gasteiger partial charge in [-0.1, -0.05) is 11.3 Å². The van der Waals surface area contributed by atoms with E-state index >= 15 is 0 Å². The van der Waals surface area contributed by atoms with Gasteiger partial charge >= 0.3 is 6.01 Å². The van der Waals surface area contributed by atoms with Gasteiger partial charge in [0.1, 0.15) is 6.10 Å². The van der Waals surface area contributed by atoms with Crippen molar-refractivity contribution in [3.8, 4) is 16.6 Å². The van der Waals surface area contributed by atoms with Crippen molar-refractivity contribution >= 4 is 22.4 Å². The minimum atomic E-state index is -0.174. The van der Waals surface area contributed by atoms with E-state index in [0.29, 0.717) is 22.5 Å². The van der Waals surface area contributed by atoms with Crippen molar-refractivity contribution in [1.29, 1.82) is 0 Å². The molecule has 12 heteroatoms. The molecule has 6 rings (SSSR count). The molecule has 0 bridgehead atoms. The van der Waals surface area contributed by atoms with Crippen molar-refractivity contribution in [2.24, 2.45) is 5.41 Å². The summed E-state index contributed by atoms with van der Waals surface area (Å²) in [6, 6.07) is 2.30. The quantitative estimate of drug-likeness (QED) is 0.396. The number of aliphatic hydroxyl groups is 1. The molecule has 2 N–H and O–H groups in total. The number of hydrogen-bond acceptors (Lipinski definition) is 12. The predicted molar refractivity (Wildman–Crippen MR) is 153 cm³/mol. The molecule has 0 atom stereocenters. The Morgan fingerprint density at radius 2 is 1.82 bits per heavy atom. The van der Waals surface area contributed by atoms with Gasteiger partial charge in [0.05, 0.1) is 30.4 Å². The van der Waals surface area contributed by atoms with Crippen LogP contribution in [0.1, 0.15) is 45.1 Å². The lowest BCUT2D eigenvalue weighted by Crippen LogP contribution is -2.55. The second-order valence-corrected chi connectivity index (χ2v) is 12.9. The zero-order valence-corrected chi connectivity index (χ0v) is 24.1. The summed E-state index contributed by atoms with van der Waals surface area (Å²) >= 11 is 1.49. The molecule has 0 unspecified atom stereocenters. The highest BCUT2D eigenvalue weighted by atomic mass is 32.1. The second-order valence-electron chi connectivity index (χ2n) is 11.8. The standard InChI is InChI=1S/C28H38N8O3S/c1-27(2,17-37)36-11-9-35(10-12-36)16-20-13-30-24(31-14-20)34-26-32-15-23(40-26)22-5-8-29-25(33-22)39-21-3-6-28(7-4-21)18-38-19-28/h5,8,13-15,21,37H,3-4,6-7,9-12,16-19H2,1-2H3,(H,30,31,32,34). The maximum absolute atomic E-state index is 9.63. The third-order valence-corrected chi connectivity index (χ3v) is 9.35. The van der Waals surface area contributed by atoms with Crippen LogP contribution in [0.3, 0.4) is 0 Å². The first kappa shape index (κ1) is 27.4. The van der Waals surface area contributed by atoms with Crippen molar-refractivity contribution in [2.75, 3.05) is 51.3 Å². The topological polar surface area (TPSA) is 122 Å². The Morgan fingerprint density at radius 1 is 1.07 bits per heavy atom. The smallest absolute Gasteiger partial charge is 0.317 e. The van der Waals surface area contributed by atoms with Gasteiger partial charge in [-0.25, -0.2) is 19.9 Å². The van der Waals surface area contributed by atoms with Crippen LogP contribution in [0.15, 0.2) is 30.9 Å². The summed E-state index contributed by atoms with van der Waals surface area (Å²) in [6.07, 6.45) is 11.8. The molecule has 214 valence electrons. The lowest BCUT2D eigenvalue weighted by Gasteiger charge is -2.45. The fourth-order valence-corrected chi connectivity index (χ4v) is 6.38. The van der Waals surface area contributed by atoms with E-state index in [1.165, 1.54) is 11.3 Å². The lowest BCUT2D eigenvalue weighted by atomic mass is 9.72. The van der Waals surface area contributed by atoms with Gasteiger partial charge in [-0.15, -0.1) is 0 Å². The number of nitrogens with one attached hydrogen (secondary N) is 1. The summed E-state index contributed by atoms with van der Waals surface area (Å²) in [6.45, 7) is 10.7. The van der Waals surface area contributed by atoms with Gasteiger partial charge in [-0.2, -0.15) is 4.98 Å². The van der Waals surface area contributed by atoms with Gasteiger partial charge in [-0.3, -0.25) is 9.80 Å². The summed E-state index contributed by atoms with van der Waals surface area (Å²) in [7, 11) is 0. The largest absolute Gasteiger partial charge is 0.460 e. The fraction of sp³-hybridized carbons (Fsp3) is 0.607. The van der Waals surface area contributed by atoms with E-state index in [9.17, 15) is 5.11 Å². The minimum Gasteiger partial charge on any atom is -0.460 e. The van der Waals surface area contributed by atoms with Crippen LogP contribution < -0.4 is 10.1 Å². The number of ether oxygens (including phenoxy) is 2. The van der Waals surface area contributed by atoms with Crippen LogP contribution in [-0.2, 0) is 11.3 Å². The van der Waals surface area contributed by atoms with Crippen LogP contribution in [0.25, 0.3) is 10.6 Å². The summed E-state index contributed by atoms with van der Waals surface area (Å²) in [5, 5.41) is 13.5. The molecule has 1 saturated carbocycles. The highest BCUT2D eigenvalue weighted by Crippen LogP contribution is 2.43. The van der Waals surface area contributed by atoms with Crippen molar-refractivity contribution in [2.45, 2.75) is 57.7 Å². The summed E-state index contributed by atoms with van der Waals surface area (Å²) in [5.41, 5.74) is 2.08. The van der Waals surface area contributed by atoms with E-state index in [1.54, 1.807) is 12.4 Å². The van der Waals surface area contributed by atoms with E-state index in [4.69, 9.17) is 9.47 Å².